The molecule has 0 fully saturated rings. The van der Waals surface area contributed by atoms with Crippen LogP contribution in [0.5, 0.6) is 0 Å². The number of rotatable bonds is 6. The van der Waals surface area contributed by atoms with Crippen molar-refractivity contribution in [2.45, 2.75) is 39.2 Å². The summed E-state index contributed by atoms with van der Waals surface area (Å²) < 4.78 is 140. The molecule has 0 aliphatic carbocycles. The van der Waals surface area contributed by atoms with Crippen LogP contribution >= 0.6 is 11.3 Å². The fourth-order valence-corrected chi connectivity index (χ4v) is 4.55. The highest BCUT2D eigenvalue weighted by atomic mass is 32.2. The summed E-state index contributed by atoms with van der Waals surface area (Å²) >= 11 is 0.411. The van der Waals surface area contributed by atoms with Gasteiger partial charge in [-0.3, -0.25) is 9.59 Å². The third kappa shape index (κ3) is 4.14. The summed E-state index contributed by atoms with van der Waals surface area (Å²) in [6.45, 7) is -11.6. The van der Waals surface area contributed by atoms with Crippen LogP contribution in [0.1, 0.15) is 65.8 Å². The minimum absolute atomic E-state index is 0.101. The molecule has 0 aliphatic heterocycles. The highest BCUT2D eigenvalue weighted by Crippen LogP contribution is 2.29. The molecule has 3 aromatic rings. The van der Waals surface area contributed by atoms with Gasteiger partial charge < -0.3 is 9.83 Å². The van der Waals surface area contributed by atoms with Gasteiger partial charge in [-0.15, -0.1) is 11.3 Å². The van der Waals surface area contributed by atoms with E-state index in [1.807, 2.05) is 0 Å². The minimum atomic E-state index is -5.29. The summed E-state index contributed by atoms with van der Waals surface area (Å²) in [4.78, 5) is 24.2. The number of aryl methyl sites for hydroxylation is 3. The molecular weight excluding hydrogens is 426 g/mol. The maximum Gasteiger partial charge on any atom is 0.267 e. The van der Waals surface area contributed by atoms with Gasteiger partial charge in [-0.2, -0.15) is 0 Å². The first-order valence-corrected chi connectivity index (χ1v) is 10.2. The van der Waals surface area contributed by atoms with Gasteiger partial charge in [0.15, 0.2) is 8.61 Å². The molecule has 1 aromatic carbocycles. The lowest BCUT2D eigenvalue weighted by Gasteiger charge is -2.14. The van der Waals surface area contributed by atoms with Crippen LogP contribution < -0.4 is 10.0 Å². The van der Waals surface area contributed by atoms with Gasteiger partial charge in [0.05, 0.1) is 11.4 Å². The molecule has 1 amide bonds. The molecule has 0 aliphatic rings. The molecule has 10 heteroatoms. The number of ketones is 1. The van der Waals surface area contributed by atoms with E-state index in [9.17, 15) is 18.0 Å². The highest BCUT2D eigenvalue weighted by molar-refractivity contribution is 7.93. The van der Waals surface area contributed by atoms with Crippen molar-refractivity contribution in [3.8, 4) is 0 Å². The van der Waals surface area contributed by atoms with Gasteiger partial charge in [0.1, 0.15) is 9.77 Å². The molecular formula is C20H21N3O5S2. The third-order valence-electron chi connectivity index (χ3n) is 3.68. The van der Waals surface area contributed by atoms with E-state index in [0.717, 1.165) is 24.4 Å². The fourth-order valence-electron chi connectivity index (χ4n) is 2.33. The van der Waals surface area contributed by atoms with Crippen LogP contribution in [0.4, 0.5) is 11.6 Å². The molecule has 0 unspecified atom stereocenters. The lowest BCUT2D eigenvalue weighted by atomic mass is 10.0. The maximum atomic E-state index is 13.5. The predicted molar refractivity (Wildman–Crippen MR) is 115 cm³/mol. The Bertz CT molecular complexity index is 1720. The molecule has 0 bridgehead atoms. The lowest BCUT2D eigenvalue weighted by Crippen LogP contribution is -2.20. The highest BCUT2D eigenvalue weighted by Gasteiger charge is 2.27. The minimum Gasteiger partial charge on any atom is -0.337 e. The second-order valence-corrected chi connectivity index (χ2v) is 8.27. The van der Waals surface area contributed by atoms with E-state index in [1.54, 1.807) is 0 Å². The second-order valence-electron chi connectivity index (χ2n) is 5.78. The molecule has 2 aromatic heterocycles. The molecule has 3 rings (SSSR count). The number of hydrogen-bond donors (Lipinski definition) is 2. The smallest absolute Gasteiger partial charge is 0.267 e. The molecule has 0 spiro atoms. The number of nitrogens with zero attached hydrogens (tertiary/aromatic N) is 1. The van der Waals surface area contributed by atoms with Crippen molar-refractivity contribution < 1.29 is 41.8 Å². The zero-order valence-corrected chi connectivity index (χ0v) is 16.6. The largest absolute Gasteiger partial charge is 0.337 e. The maximum absolute atomic E-state index is 13.5. The van der Waals surface area contributed by atoms with Crippen molar-refractivity contribution in [1.82, 2.24) is 5.16 Å². The standard InChI is InChI=1S/C20H21N3O5S2/c1-10-8-11(2)17(15(9-10)14(5)24)21-19(25)18-16(6-7-29-18)30(26,27)23-20-12(3)13(4)22-28-20/h6-9,23H,1-5H3,(H,21,25)/i1D3,2D3,3D3,4D3/hD2. The summed E-state index contributed by atoms with van der Waals surface area (Å²) in [5, 5.41) is 4.06. The van der Waals surface area contributed by atoms with Crippen molar-refractivity contribution in [1.29, 1.82) is 0 Å². The molecule has 0 radical (unpaired) electrons. The molecule has 0 saturated heterocycles. The quantitative estimate of drug-likeness (QED) is 0.531. The second kappa shape index (κ2) is 8.04. The van der Waals surface area contributed by atoms with Crippen LogP contribution in [-0.4, -0.2) is 25.3 Å². The van der Waals surface area contributed by atoms with Crippen molar-refractivity contribution in [3.63, 3.8) is 0 Å². The first-order valence-electron chi connectivity index (χ1n) is 14.8. The summed E-state index contributed by atoms with van der Waals surface area (Å²) in [6, 6.07) is 2.26. The Morgan fingerprint density at radius 1 is 1.23 bits per heavy atom. The number of carbonyl (C=O) groups is 2. The SMILES string of the molecule is [2H]N(C(=O)c1sccc1S(=O)(=O)N([2H])c1onc(C([2H])([2H])[2H])c1C([2H])([2H])[2H])c1c(C(C)=O)cc(C([2H])([2H])[2H])cc1C([2H])([2H])[2H]. The average molecular weight is 462 g/mol. The van der Waals surface area contributed by atoms with E-state index >= 15 is 0 Å². The van der Waals surface area contributed by atoms with Crippen molar-refractivity contribution >= 4 is 44.6 Å². The summed E-state index contributed by atoms with van der Waals surface area (Å²) in [5.74, 6) is -3.77. The van der Waals surface area contributed by atoms with Gasteiger partial charge in [0, 0.05) is 27.6 Å². The topological polar surface area (TPSA) is 118 Å². The van der Waals surface area contributed by atoms with Crippen LogP contribution in [-0.2, 0) is 10.0 Å². The van der Waals surface area contributed by atoms with Gasteiger partial charge in [-0.05, 0) is 63.0 Å². The van der Waals surface area contributed by atoms with Crippen molar-refractivity contribution in [3.05, 3.63) is 56.4 Å². The van der Waals surface area contributed by atoms with Gasteiger partial charge in [0.2, 0.25) is 5.88 Å². The number of carbonyl (C=O) groups excluding carboxylic acids is 2. The van der Waals surface area contributed by atoms with Gasteiger partial charge in [0.25, 0.3) is 15.9 Å². The molecule has 158 valence electrons. The van der Waals surface area contributed by atoms with E-state index < -0.39 is 103 Å². The average Bonchev–Trinajstić information content (AvgIpc) is 3.53. The number of hydrogen-bond acceptors (Lipinski definition) is 7. The van der Waals surface area contributed by atoms with Crippen LogP contribution in [0.3, 0.4) is 0 Å². The first-order chi connectivity index (χ1) is 19.7. The molecule has 8 nitrogen and oxygen atoms in total. The number of benzene rings is 1. The predicted octanol–water partition coefficient (Wildman–Crippen LogP) is 4.23. The number of sulfonamides is 1. The summed E-state index contributed by atoms with van der Waals surface area (Å²) in [6.07, 6.45) is 0. The van der Waals surface area contributed by atoms with Crippen LogP contribution in [0.2, 0.25) is 2.82 Å². The Labute approximate surface area is 198 Å². The normalized spacial score (nSPS) is 19.9. The fraction of sp³-hybridized carbons (Fsp3) is 0.250. The number of thiophene rings is 1. The Morgan fingerprint density at radius 2 is 2.07 bits per heavy atom. The van der Waals surface area contributed by atoms with Crippen molar-refractivity contribution in [2.24, 2.45) is 0 Å². The summed E-state index contributed by atoms with van der Waals surface area (Å²) in [5.41, 5.74) is -5.27. The van der Waals surface area contributed by atoms with Gasteiger partial charge >= 0.3 is 0 Å². The van der Waals surface area contributed by atoms with E-state index in [1.165, 1.54) is 0 Å². The molecule has 0 atom stereocenters. The third-order valence-corrected chi connectivity index (χ3v) is 6.01. The van der Waals surface area contributed by atoms with Crippen LogP contribution in [0.25, 0.3) is 0 Å². The van der Waals surface area contributed by atoms with Crippen LogP contribution in [0.15, 0.2) is 33.0 Å². The van der Waals surface area contributed by atoms with Gasteiger partial charge in [-0.1, -0.05) is 11.2 Å². The summed E-state index contributed by atoms with van der Waals surface area (Å²) in [7, 11) is -5.29. The number of aromatic nitrogens is 1. The number of anilines is 2. The zero-order valence-electron chi connectivity index (χ0n) is 29.0. The Morgan fingerprint density at radius 3 is 2.73 bits per heavy atom. The Kier molecular flexibility index (Phi) is 2.65. The first kappa shape index (κ1) is 9.88. The van der Waals surface area contributed by atoms with Crippen LogP contribution in [0, 0.1) is 27.4 Å². The molecule has 30 heavy (non-hydrogen) atoms. The number of amides is 1. The Balaban J connectivity index is 2.21. The lowest BCUT2D eigenvalue weighted by molar-refractivity contribution is 0.101. The zero-order chi connectivity index (χ0) is 34.0. The molecule has 0 saturated carbocycles. The molecule has 2 N–H and O–H groups in total. The van der Waals surface area contributed by atoms with E-state index in [0.29, 0.717) is 17.4 Å². The van der Waals surface area contributed by atoms with E-state index in [2.05, 4.69) is 9.68 Å². The Hall–Kier alpha value is -2.98. The van der Waals surface area contributed by atoms with E-state index in [4.69, 9.17) is 19.3 Å². The van der Waals surface area contributed by atoms with Crippen molar-refractivity contribution in [2.75, 3.05) is 10.0 Å². The molecule has 2 heterocycles. The number of nitrogens with one attached hydrogen (secondary N) is 2. The van der Waals surface area contributed by atoms with E-state index in [-0.39, 0.29) is 5.31 Å². The monoisotopic (exact) mass is 461 g/mol. The number of Topliss-reactive ketones (excluding diaryl/α,β-unsaturated/α-hetero) is 1. The van der Waals surface area contributed by atoms with Gasteiger partial charge in [-0.25, -0.2) is 13.1 Å².